The summed E-state index contributed by atoms with van der Waals surface area (Å²) in [5.74, 6) is -0.0945. The largest absolute Gasteiger partial charge is 0.466 e. The zero-order valence-electron chi connectivity index (χ0n) is 12.4. The van der Waals surface area contributed by atoms with Crippen molar-refractivity contribution in [3.05, 3.63) is 0 Å². The average Bonchev–Trinajstić information content (AvgIpc) is 2.38. The normalized spacial score (nSPS) is 11.6. The van der Waals surface area contributed by atoms with Gasteiger partial charge < -0.3 is 4.74 Å². The predicted octanol–water partition coefficient (Wildman–Crippen LogP) is 6.11. The van der Waals surface area contributed by atoms with Gasteiger partial charge in [0.15, 0.2) is 0 Å². The Hall–Kier alpha value is 0.557. The smallest absolute Gasteiger partial charge is 0.341 e. The molecule has 0 aromatic rings. The Kier molecular flexibility index (Phi) is 13.6. The average molecular weight is 362 g/mol. The third kappa shape index (κ3) is 16.6. The van der Waals surface area contributed by atoms with Crippen molar-refractivity contribution in [3.63, 3.8) is 0 Å². The molecule has 0 rings (SSSR count). The van der Waals surface area contributed by atoms with Crippen LogP contribution in [0.25, 0.3) is 0 Å². The fourth-order valence-electron chi connectivity index (χ4n) is 1.95. The number of rotatable bonds is 13. The van der Waals surface area contributed by atoms with Crippen LogP contribution in [0.4, 0.5) is 0 Å². The van der Waals surface area contributed by atoms with Gasteiger partial charge in [-0.25, -0.2) is 0 Å². The molecule has 0 aliphatic carbocycles. The lowest BCUT2D eigenvalue weighted by molar-refractivity contribution is -0.143. The van der Waals surface area contributed by atoms with Crippen LogP contribution in [0, 0.1) is 0 Å². The molecule has 0 aliphatic heterocycles. The molecule has 0 aliphatic rings. The summed E-state index contributed by atoms with van der Waals surface area (Å²) in [4.78, 5) is 10.9. The van der Waals surface area contributed by atoms with Crippen LogP contribution >= 0.6 is 33.2 Å². The molecule has 0 atom stereocenters. The summed E-state index contributed by atoms with van der Waals surface area (Å²) in [6.45, 7) is 2.39. The van der Waals surface area contributed by atoms with Crippen LogP contribution in [-0.2, 0) is 9.53 Å². The number of hydrogen-bond acceptors (Lipinski definition) is 2. The minimum atomic E-state index is -2.38. The highest BCUT2D eigenvalue weighted by molar-refractivity contribution is 7.64. The lowest BCUT2D eigenvalue weighted by atomic mass is 10.1. The van der Waals surface area contributed by atoms with Crippen molar-refractivity contribution in [2.75, 3.05) is 6.61 Å². The predicted molar refractivity (Wildman–Crippen MR) is 90.9 cm³/mol. The number of carbonyl (C=O) groups is 1. The molecule has 6 heteroatoms. The SMILES string of the molecule is CCC(=O)OCCCCCCCCCCC[Si](Cl)(Cl)Cl. The van der Waals surface area contributed by atoms with Gasteiger partial charge in [0.25, 0.3) is 0 Å². The van der Waals surface area contributed by atoms with Crippen molar-refractivity contribution >= 4 is 45.2 Å². The van der Waals surface area contributed by atoms with Gasteiger partial charge >= 0.3 is 12.0 Å². The molecule has 0 bridgehead atoms. The molecular formula is C14H27Cl3O2Si. The van der Waals surface area contributed by atoms with Crippen LogP contribution < -0.4 is 0 Å². The molecule has 2 nitrogen and oxygen atoms in total. The van der Waals surface area contributed by atoms with E-state index >= 15 is 0 Å². The van der Waals surface area contributed by atoms with Gasteiger partial charge in [0, 0.05) is 6.42 Å². The molecule has 0 N–H and O–H groups in total. The van der Waals surface area contributed by atoms with Crippen LogP contribution in [0.15, 0.2) is 0 Å². The van der Waals surface area contributed by atoms with Crippen molar-refractivity contribution in [2.24, 2.45) is 0 Å². The number of esters is 1. The van der Waals surface area contributed by atoms with Gasteiger partial charge in [-0.05, 0) is 12.5 Å². The lowest BCUT2D eigenvalue weighted by Crippen LogP contribution is -2.07. The van der Waals surface area contributed by atoms with E-state index in [0.29, 0.717) is 13.0 Å². The Bertz CT molecular complexity index is 245. The Morgan fingerprint density at radius 2 is 1.30 bits per heavy atom. The molecular weight excluding hydrogens is 335 g/mol. The van der Waals surface area contributed by atoms with Crippen LogP contribution in [0.2, 0.25) is 6.04 Å². The Morgan fingerprint density at radius 1 is 0.850 bits per heavy atom. The monoisotopic (exact) mass is 360 g/mol. The number of unbranched alkanes of at least 4 members (excludes halogenated alkanes) is 8. The second-order valence-corrected chi connectivity index (χ2v) is 14.4. The fourth-order valence-corrected chi connectivity index (χ4v) is 3.81. The second-order valence-electron chi connectivity index (χ2n) is 5.12. The minimum Gasteiger partial charge on any atom is -0.466 e. The van der Waals surface area contributed by atoms with Crippen molar-refractivity contribution in [1.82, 2.24) is 0 Å². The Labute approximate surface area is 138 Å². The maximum atomic E-state index is 10.9. The number of ether oxygens (including phenoxy) is 1. The first-order valence-corrected chi connectivity index (χ1v) is 12.9. The lowest BCUT2D eigenvalue weighted by Gasteiger charge is -2.07. The van der Waals surface area contributed by atoms with Gasteiger partial charge in [-0.3, -0.25) is 4.79 Å². The highest BCUT2D eigenvalue weighted by Crippen LogP contribution is 2.27. The van der Waals surface area contributed by atoms with E-state index in [1.807, 2.05) is 6.92 Å². The van der Waals surface area contributed by atoms with Crippen molar-refractivity contribution in [1.29, 1.82) is 0 Å². The van der Waals surface area contributed by atoms with Gasteiger partial charge in [0.1, 0.15) is 0 Å². The van der Waals surface area contributed by atoms with Gasteiger partial charge in [-0.1, -0.05) is 58.3 Å². The van der Waals surface area contributed by atoms with E-state index in [9.17, 15) is 4.79 Å². The van der Waals surface area contributed by atoms with Crippen molar-refractivity contribution in [3.8, 4) is 0 Å². The molecule has 0 aromatic heterocycles. The molecule has 120 valence electrons. The Balaban J connectivity index is 3.08. The number of halogens is 3. The maximum Gasteiger partial charge on any atom is 0.341 e. The highest BCUT2D eigenvalue weighted by atomic mass is 35.8. The van der Waals surface area contributed by atoms with E-state index in [4.69, 9.17) is 38.0 Å². The molecule has 0 radical (unpaired) electrons. The van der Waals surface area contributed by atoms with Gasteiger partial charge in [-0.2, -0.15) is 0 Å². The third-order valence-corrected chi connectivity index (χ3v) is 5.78. The van der Waals surface area contributed by atoms with Crippen molar-refractivity contribution < 1.29 is 9.53 Å². The molecule has 0 amide bonds. The van der Waals surface area contributed by atoms with E-state index in [2.05, 4.69) is 0 Å². The minimum absolute atomic E-state index is 0.0945. The van der Waals surface area contributed by atoms with E-state index in [-0.39, 0.29) is 5.97 Å². The first-order valence-electron chi connectivity index (χ1n) is 7.68. The van der Waals surface area contributed by atoms with E-state index in [1.54, 1.807) is 0 Å². The summed E-state index contributed by atoms with van der Waals surface area (Å²) in [6.07, 6.45) is 11.1. The molecule has 0 unspecified atom stereocenters. The molecule has 0 saturated carbocycles. The van der Waals surface area contributed by atoms with Gasteiger partial charge in [0.2, 0.25) is 0 Å². The summed E-state index contributed by atoms with van der Waals surface area (Å²) in [5.41, 5.74) is 0. The second kappa shape index (κ2) is 13.2. The molecule has 0 aromatic carbocycles. The molecule has 0 heterocycles. The summed E-state index contributed by atoms with van der Waals surface area (Å²) < 4.78 is 5.02. The van der Waals surface area contributed by atoms with E-state index in [1.165, 1.54) is 38.5 Å². The van der Waals surface area contributed by atoms with Gasteiger partial charge in [0.05, 0.1) is 6.61 Å². The van der Waals surface area contributed by atoms with Crippen LogP contribution in [-0.4, -0.2) is 18.6 Å². The molecule has 20 heavy (non-hydrogen) atoms. The summed E-state index contributed by atoms with van der Waals surface area (Å²) >= 11 is 17.5. The van der Waals surface area contributed by atoms with E-state index < -0.39 is 6.00 Å². The maximum absolute atomic E-state index is 10.9. The van der Waals surface area contributed by atoms with Crippen LogP contribution in [0.3, 0.4) is 0 Å². The van der Waals surface area contributed by atoms with Crippen LogP contribution in [0.5, 0.6) is 0 Å². The first-order chi connectivity index (χ1) is 9.45. The zero-order chi connectivity index (χ0) is 15.3. The molecule has 0 spiro atoms. The highest BCUT2D eigenvalue weighted by Gasteiger charge is 2.23. The van der Waals surface area contributed by atoms with E-state index in [0.717, 1.165) is 25.3 Å². The molecule has 0 saturated heterocycles. The third-order valence-electron chi connectivity index (χ3n) is 3.16. The first kappa shape index (κ1) is 20.6. The quantitative estimate of drug-likeness (QED) is 0.171. The number of hydrogen-bond donors (Lipinski definition) is 0. The van der Waals surface area contributed by atoms with Gasteiger partial charge in [-0.15, -0.1) is 33.2 Å². The molecule has 0 fully saturated rings. The zero-order valence-corrected chi connectivity index (χ0v) is 15.7. The topological polar surface area (TPSA) is 26.3 Å². The summed E-state index contributed by atoms with van der Waals surface area (Å²) in [7, 11) is 0. The number of carbonyl (C=O) groups excluding carboxylic acids is 1. The fraction of sp³-hybridized carbons (Fsp3) is 0.929. The van der Waals surface area contributed by atoms with Crippen LogP contribution in [0.1, 0.15) is 71.1 Å². The summed E-state index contributed by atoms with van der Waals surface area (Å²) in [6, 6.07) is -1.60. The summed E-state index contributed by atoms with van der Waals surface area (Å²) in [5, 5.41) is 0. The Morgan fingerprint density at radius 3 is 1.75 bits per heavy atom. The standard InChI is InChI=1S/C14H27Cl3O2Si/c1-2-14(18)19-12-10-8-6-4-3-5-7-9-11-13-20(15,16)17/h2-13H2,1H3. The van der Waals surface area contributed by atoms with Crippen molar-refractivity contribution in [2.45, 2.75) is 77.2 Å².